The lowest BCUT2D eigenvalue weighted by atomic mass is 9.80. The van der Waals surface area contributed by atoms with Crippen LogP contribution in [0.5, 0.6) is 0 Å². The topological polar surface area (TPSA) is 60.9 Å². The number of thioether (sulfide) groups is 1. The monoisotopic (exact) mass is 543 g/mol. The van der Waals surface area contributed by atoms with E-state index in [1.54, 1.807) is 0 Å². The van der Waals surface area contributed by atoms with Gasteiger partial charge in [-0.3, -0.25) is 15.2 Å². The third-order valence-electron chi connectivity index (χ3n) is 8.43. The zero-order valence-corrected chi connectivity index (χ0v) is 24.8. The average molecular weight is 544 g/mol. The Hall–Kier alpha value is -0.0300. The first kappa shape index (κ1) is 29.0. The summed E-state index contributed by atoms with van der Waals surface area (Å²) in [5.74, 6) is 2.20. The van der Waals surface area contributed by atoms with E-state index < -0.39 is 10.9 Å². The largest absolute Gasteiger partial charge is 0.362 e. The molecule has 0 spiro atoms. The normalized spacial score (nSPS) is 38.7. The standard InChI is InChI=1S/C27H50FN5OS2/c1-7-8-9-14-36(28)16-21(11-10-17(2)3)25-24-18(4)19(5)35-27(24)33-20(6)31-32-26(33)22(30-25)15-23-29-12-13-34-23/h16-24,26-27,29,31-32H,7-15H2,1-6H3. The molecule has 9 heteroatoms. The molecule has 3 N–H and O–H groups in total. The molecule has 0 aromatic heterocycles. The second kappa shape index (κ2) is 13.4. The van der Waals surface area contributed by atoms with Crippen LogP contribution in [0.2, 0.25) is 0 Å². The van der Waals surface area contributed by atoms with Gasteiger partial charge in [-0.2, -0.15) is 3.89 Å². The van der Waals surface area contributed by atoms with Gasteiger partial charge in [0.15, 0.2) is 0 Å². The van der Waals surface area contributed by atoms with Crippen LogP contribution in [0.4, 0.5) is 3.89 Å². The molecule has 0 amide bonds. The number of rotatable bonds is 11. The molecule has 3 saturated heterocycles. The van der Waals surface area contributed by atoms with E-state index in [1.165, 1.54) is 5.71 Å². The molecular formula is C27H50FN5OS2. The lowest BCUT2D eigenvalue weighted by Gasteiger charge is -2.35. The van der Waals surface area contributed by atoms with Crippen molar-refractivity contribution in [1.82, 2.24) is 21.1 Å². The van der Waals surface area contributed by atoms with E-state index >= 15 is 3.89 Å². The Bertz CT molecular complexity index is 777. The van der Waals surface area contributed by atoms with Gasteiger partial charge in [-0.25, -0.2) is 10.9 Å². The Balaban J connectivity index is 1.72. The quantitative estimate of drug-likeness (QED) is 0.248. The predicted molar refractivity (Wildman–Crippen MR) is 155 cm³/mol. The first-order chi connectivity index (χ1) is 17.3. The number of aliphatic imine (C=N–C) groups is 1. The number of hydrogen-bond acceptors (Lipinski definition) is 7. The number of unbranched alkanes of at least 4 members (excludes halogenated alkanes) is 2. The molecule has 0 bridgehead atoms. The van der Waals surface area contributed by atoms with Crippen LogP contribution in [-0.2, 0) is 4.74 Å². The molecule has 0 saturated carbocycles. The van der Waals surface area contributed by atoms with Crippen molar-refractivity contribution in [3.8, 4) is 0 Å². The van der Waals surface area contributed by atoms with Gasteiger partial charge in [-0.1, -0.05) is 53.9 Å². The molecule has 4 aliphatic heterocycles. The van der Waals surface area contributed by atoms with Gasteiger partial charge in [-0.05, 0) is 47.8 Å². The zero-order chi connectivity index (χ0) is 25.8. The SMILES string of the molecule is CCCCC/S(F)=C\C(CCC(C)C)C1=NC(CC2NCCO2)C2NNC(C)N2C2SC(C)C(C)C12. The van der Waals surface area contributed by atoms with Crippen molar-refractivity contribution in [3.05, 3.63) is 0 Å². The highest BCUT2D eigenvalue weighted by Gasteiger charge is 2.53. The molecule has 0 aliphatic carbocycles. The molecule has 4 aliphatic rings. The fourth-order valence-corrected chi connectivity index (χ4v) is 9.29. The highest BCUT2D eigenvalue weighted by Crippen LogP contribution is 2.49. The van der Waals surface area contributed by atoms with E-state index in [0.717, 1.165) is 51.7 Å². The Morgan fingerprint density at radius 1 is 1.22 bits per heavy atom. The highest BCUT2D eigenvalue weighted by molar-refractivity contribution is 8.10. The van der Waals surface area contributed by atoms with Crippen LogP contribution in [0.25, 0.3) is 0 Å². The van der Waals surface area contributed by atoms with Crippen molar-refractivity contribution in [2.45, 2.75) is 115 Å². The summed E-state index contributed by atoms with van der Waals surface area (Å²) in [6.45, 7) is 15.4. The molecule has 208 valence electrons. The van der Waals surface area contributed by atoms with Crippen LogP contribution in [-0.4, -0.2) is 70.1 Å². The van der Waals surface area contributed by atoms with Crippen LogP contribution in [0.3, 0.4) is 0 Å². The van der Waals surface area contributed by atoms with Crippen molar-refractivity contribution in [3.63, 3.8) is 0 Å². The van der Waals surface area contributed by atoms with E-state index in [-0.39, 0.29) is 30.5 Å². The van der Waals surface area contributed by atoms with Crippen molar-refractivity contribution in [2.75, 3.05) is 18.9 Å². The highest BCUT2D eigenvalue weighted by atomic mass is 32.2. The van der Waals surface area contributed by atoms with E-state index in [1.807, 2.05) is 0 Å². The number of fused-ring (bicyclic) bond motifs is 3. The smallest absolute Gasteiger partial charge is 0.110 e. The van der Waals surface area contributed by atoms with Gasteiger partial charge >= 0.3 is 0 Å². The minimum atomic E-state index is -1.17. The van der Waals surface area contributed by atoms with Crippen molar-refractivity contribution < 1.29 is 8.62 Å². The molecule has 0 radical (unpaired) electrons. The Morgan fingerprint density at radius 2 is 2.03 bits per heavy atom. The summed E-state index contributed by atoms with van der Waals surface area (Å²) in [7, 11) is -1.17. The molecular weight excluding hydrogens is 493 g/mol. The minimum absolute atomic E-state index is 0.0319. The summed E-state index contributed by atoms with van der Waals surface area (Å²) in [5.41, 5.74) is 8.35. The van der Waals surface area contributed by atoms with Gasteiger partial charge in [0.1, 0.15) is 6.23 Å². The fourth-order valence-electron chi connectivity index (χ4n) is 6.18. The van der Waals surface area contributed by atoms with Crippen molar-refractivity contribution >= 4 is 33.7 Å². The van der Waals surface area contributed by atoms with Gasteiger partial charge in [0.25, 0.3) is 0 Å². The van der Waals surface area contributed by atoms with Crippen LogP contribution >= 0.6 is 22.6 Å². The molecule has 0 aromatic rings. The minimum Gasteiger partial charge on any atom is -0.362 e. The van der Waals surface area contributed by atoms with E-state index in [2.05, 4.69) is 79.7 Å². The van der Waals surface area contributed by atoms with Gasteiger partial charge in [0, 0.05) is 41.5 Å². The van der Waals surface area contributed by atoms with Crippen molar-refractivity contribution in [1.29, 1.82) is 0 Å². The molecule has 10 unspecified atom stereocenters. The van der Waals surface area contributed by atoms with Crippen LogP contribution in [0.1, 0.15) is 80.1 Å². The molecule has 3 fully saturated rings. The molecule has 0 aromatic carbocycles. The van der Waals surface area contributed by atoms with Gasteiger partial charge in [0.2, 0.25) is 0 Å². The lowest BCUT2D eigenvalue weighted by Crippen LogP contribution is -2.51. The average Bonchev–Trinajstić information content (AvgIpc) is 3.53. The van der Waals surface area contributed by atoms with Gasteiger partial charge in [-0.15, -0.1) is 11.8 Å². The fraction of sp³-hybridized carbons (Fsp3) is 0.926. The second-order valence-electron chi connectivity index (χ2n) is 11.6. The van der Waals surface area contributed by atoms with Crippen LogP contribution in [0.15, 0.2) is 4.99 Å². The van der Waals surface area contributed by atoms with Gasteiger partial charge < -0.3 is 4.74 Å². The third-order valence-corrected chi connectivity index (χ3v) is 11.4. The molecule has 6 nitrogen and oxygen atoms in total. The Labute approximate surface area is 225 Å². The summed E-state index contributed by atoms with van der Waals surface area (Å²) >= 11 is 2.09. The third kappa shape index (κ3) is 6.75. The number of nitrogens with zero attached hydrogens (tertiary/aromatic N) is 2. The first-order valence-electron chi connectivity index (χ1n) is 14.4. The number of nitrogens with one attached hydrogen (secondary N) is 3. The maximum absolute atomic E-state index is 15.4. The number of hydrogen-bond donors (Lipinski definition) is 3. The molecule has 4 rings (SSSR count). The van der Waals surface area contributed by atoms with E-state index in [9.17, 15) is 0 Å². The Morgan fingerprint density at radius 3 is 2.72 bits per heavy atom. The predicted octanol–water partition coefficient (Wildman–Crippen LogP) is 5.14. The number of ether oxygens (including phenoxy) is 1. The molecule has 10 atom stereocenters. The first-order valence-corrected chi connectivity index (χ1v) is 16.7. The maximum atomic E-state index is 15.4. The zero-order valence-electron chi connectivity index (χ0n) is 23.2. The van der Waals surface area contributed by atoms with E-state index in [4.69, 9.17) is 9.73 Å². The second-order valence-corrected chi connectivity index (χ2v) is 14.5. The summed E-state index contributed by atoms with van der Waals surface area (Å²) in [6, 6.07) is 0.0539. The van der Waals surface area contributed by atoms with Gasteiger partial charge in [0.05, 0.1) is 30.4 Å². The Kier molecular flexibility index (Phi) is 10.7. The lowest BCUT2D eigenvalue weighted by molar-refractivity contribution is 0.0700. The van der Waals surface area contributed by atoms with Crippen LogP contribution < -0.4 is 16.2 Å². The maximum Gasteiger partial charge on any atom is 0.110 e. The summed E-state index contributed by atoms with van der Waals surface area (Å²) < 4.78 is 21.4. The van der Waals surface area contributed by atoms with Crippen LogP contribution in [0, 0.1) is 23.7 Å². The molecule has 36 heavy (non-hydrogen) atoms. The number of hydrazine groups is 1. The van der Waals surface area contributed by atoms with Crippen molar-refractivity contribution in [2.24, 2.45) is 28.7 Å². The number of halogens is 1. The molecule has 4 heterocycles. The summed E-state index contributed by atoms with van der Waals surface area (Å²) in [4.78, 5) is 8.24. The summed E-state index contributed by atoms with van der Waals surface area (Å²) in [5, 5.41) is 6.46. The van der Waals surface area contributed by atoms with E-state index in [0.29, 0.717) is 34.1 Å². The summed E-state index contributed by atoms with van der Waals surface area (Å²) in [6.07, 6.45) is 6.50.